The van der Waals surface area contributed by atoms with Crippen LogP contribution in [0.1, 0.15) is 61.0 Å². The van der Waals surface area contributed by atoms with Crippen LogP contribution >= 0.6 is 11.6 Å². The Morgan fingerprint density at radius 2 is 1.91 bits per heavy atom. The van der Waals surface area contributed by atoms with Gasteiger partial charge in [0.25, 0.3) is 0 Å². The molecule has 7 nitrogen and oxygen atoms in total. The van der Waals surface area contributed by atoms with Crippen LogP contribution in [0.4, 0.5) is 0 Å². The summed E-state index contributed by atoms with van der Waals surface area (Å²) in [6.07, 6.45) is 2.28. The normalized spacial score (nSPS) is 37.2. The molecule has 3 aliphatic rings. The van der Waals surface area contributed by atoms with E-state index in [0.717, 1.165) is 6.42 Å². The number of rotatable bonds is 4. The molecular weight excluding hydrogens is 436 g/mol. The minimum atomic E-state index is -1.61. The number of carboxylic acid groups (broad SMARTS) is 1. The van der Waals surface area contributed by atoms with E-state index < -0.39 is 41.4 Å². The van der Waals surface area contributed by atoms with Crippen LogP contribution in [0, 0.1) is 29.6 Å². The number of aromatic carboxylic acids is 1. The number of carboxylic acids is 1. The second kappa shape index (κ2) is 7.10. The maximum atomic E-state index is 12.1. The maximum Gasteiger partial charge on any atom is 0.339 e. The number of aliphatic hydroxyl groups excluding tert-OH is 2. The number of hydrogen-bond donors (Lipinski definition) is 5. The Bertz CT molecular complexity index is 1030. The van der Waals surface area contributed by atoms with Gasteiger partial charge in [-0.2, -0.15) is 0 Å². The predicted molar refractivity (Wildman–Crippen MR) is 118 cm³/mol. The summed E-state index contributed by atoms with van der Waals surface area (Å²) in [5.74, 6) is -2.74. The Balaban J connectivity index is 1.94. The smallest absolute Gasteiger partial charge is 0.339 e. The zero-order valence-electron chi connectivity index (χ0n) is 18.9. The topological polar surface area (TPSA) is 127 Å². The monoisotopic (exact) mass is 466 g/mol. The summed E-state index contributed by atoms with van der Waals surface area (Å²) in [5.41, 5.74) is -2.39. The summed E-state index contributed by atoms with van der Waals surface area (Å²) in [7, 11) is 1.37. The number of aliphatic hydroxyl groups is 3. The maximum absolute atomic E-state index is 12.1. The molecule has 1 aromatic carbocycles. The Kier molecular flexibility index (Phi) is 5.18. The largest absolute Gasteiger partial charge is 0.507 e. The number of ether oxygens (including phenoxy) is 1. The number of carbonyl (C=O) groups is 1. The predicted octanol–water partition coefficient (Wildman–Crippen LogP) is 3.24. The van der Waals surface area contributed by atoms with Gasteiger partial charge in [0, 0.05) is 22.8 Å². The van der Waals surface area contributed by atoms with E-state index in [2.05, 4.69) is 0 Å². The van der Waals surface area contributed by atoms with E-state index in [1.807, 2.05) is 26.8 Å². The molecule has 2 saturated carbocycles. The Labute approximate surface area is 192 Å². The fraction of sp³-hybridized carbons (Fsp3) is 0.625. The molecule has 0 heterocycles. The highest BCUT2D eigenvalue weighted by molar-refractivity contribution is 6.33. The summed E-state index contributed by atoms with van der Waals surface area (Å²) < 4.78 is 5.47. The van der Waals surface area contributed by atoms with Gasteiger partial charge in [-0.3, -0.25) is 0 Å². The molecular formula is C24H31ClO7. The number of hydrogen-bond acceptors (Lipinski definition) is 6. The van der Waals surface area contributed by atoms with Crippen molar-refractivity contribution in [2.45, 2.75) is 58.2 Å². The molecule has 0 radical (unpaired) electrons. The van der Waals surface area contributed by atoms with Crippen LogP contribution in [0.5, 0.6) is 11.5 Å². The summed E-state index contributed by atoms with van der Waals surface area (Å²) in [6, 6.07) is 0. The summed E-state index contributed by atoms with van der Waals surface area (Å²) in [6.45, 7) is 6.98. The SMILES string of the molecule is COc1c(Cl)c(C)c(C(=O)O)c(O)c1[C@H]1C[C@]2(C)C3C(C=C(CO)[C@]12O)CC(C)(C)[C@@H]3O. The van der Waals surface area contributed by atoms with Crippen LogP contribution in [0.3, 0.4) is 0 Å². The van der Waals surface area contributed by atoms with Crippen molar-refractivity contribution < 1.29 is 35.1 Å². The molecule has 0 saturated heterocycles. The molecule has 32 heavy (non-hydrogen) atoms. The van der Waals surface area contributed by atoms with E-state index in [1.54, 1.807) is 0 Å². The van der Waals surface area contributed by atoms with Crippen LogP contribution in [-0.2, 0) is 0 Å². The van der Waals surface area contributed by atoms with E-state index in [-0.39, 0.29) is 44.7 Å². The highest BCUT2D eigenvalue weighted by Crippen LogP contribution is 2.73. The van der Waals surface area contributed by atoms with E-state index in [9.17, 15) is 30.3 Å². The molecule has 0 aromatic heterocycles. The molecule has 0 aliphatic heterocycles. The highest BCUT2D eigenvalue weighted by Gasteiger charge is 2.73. The first-order chi connectivity index (χ1) is 14.8. The third-order valence-electron chi connectivity index (χ3n) is 8.58. The number of fused-ring (bicyclic) bond motifs is 3. The van der Waals surface area contributed by atoms with Crippen LogP contribution in [0.15, 0.2) is 11.6 Å². The average Bonchev–Trinajstić information content (AvgIpc) is 2.94. The van der Waals surface area contributed by atoms with E-state index >= 15 is 0 Å². The first kappa shape index (κ1) is 23.4. The number of halogens is 1. The molecule has 6 atom stereocenters. The lowest BCUT2D eigenvalue weighted by Gasteiger charge is -2.67. The Morgan fingerprint density at radius 3 is 2.44 bits per heavy atom. The average molecular weight is 467 g/mol. The molecule has 2 fully saturated rings. The van der Waals surface area contributed by atoms with Gasteiger partial charge in [-0.25, -0.2) is 4.79 Å². The molecule has 5 N–H and O–H groups in total. The third kappa shape index (κ3) is 2.62. The standard InChI is InChI=1S/C24H31ClO7/c1-10-14(21(29)30)18(27)15(19(32-5)17(10)25)13-8-23(4)16-11(7-22(2,3)20(16)28)6-12(9-26)24(13,23)31/h6,11,13,16,20,26-28,31H,7-9H2,1-5H3,(H,29,30)/t11?,13-,16?,20-,23-,24+/m1/s1. The summed E-state index contributed by atoms with van der Waals surface area (Å²) >= 11 is 6.43. The molecule has 1 aromatic rings. The number of allylic oxidation sites excluding steroid dienone is 1. The van der Waals surface area contributed by atoms with E-state index in [0.29, 0.717) is 12.0 Å². The molecule has 2 unspecified atom stereocenters. The van der Waals surface area contributed by atoms with Crippen LogP contribution in [0.25, 0.3) is 0 Å². The quantitative estimate of drug-likeness (QED) is 0.431. The number of benzene rings is 1. The van der Waals surface area contributed by atoms with Crippen molar-refractivity contribution in [3.8, 4) is 11.5 Å². The minimum absolute atomic E-state index is 0.0000498. The number of methoxy groups -OCH3 is 1. The zero-order valence-corrected chi connectivity index (χ0v) is 19.7. The first-order valence-electron chi connectivity index (χ1n) is 10.8. The lowest BCUT2D eigenvalue weighted by atomic mass is 9.39. The molecule has 0 spiro atoms. The second-order valence-corrected chi connectivity index (χ2v) is 10.9. The Morgan fingerprint density at radius 1 is 1.28 bits per heavy atom. The van der Waals surface area contributed by atoms with Gasteiger partial charge in [0.2, 0.25) is 0 Å². The number of aromatic hydroxyl groups is 1. The van der Waals surface area contributed by atoms with Crippen molar-refractivity contribution >= 4 is 17.6 Å². The van der Waals surface area contributed by atoms with Gasteiger partial charge in [-0.05, 0) is 42.2 Å². The van der Waals surface area contributed by atoms with Crippen molar-refractivity contribution in [3.05, 3.63) is 33.4 Å². The minimum Gasteiger partial charge on any atom is -0.507 e. The fourth-order valence-electron chi connectivity index (χ4n) is 7.01. The van der Waals surface area contributed by atoms with Crippen LogP contribution in [-0.4, -0.2) is 56.9 Å². The zero-order chi connectivity index (χ0) is 24.0. The van der Waals surface area contributed by atoms with Crippen molar-refractivity contribution in [1.29, 1.82) is 0 Å². The lowest BCUT2D eigenvalue weighted by molar-refractivity contribution is -0.213. The van der Waals surface area contributed by atoms with Crippen LogP contribution in [0.2, 0.25) is 5.02 Å². The number of phenols is 1. The van der Waals surface area contributed by atoms with Gasteiger partial charge in [-0.1, -0.05) is 38.4 Å². The second-order valence-electron chi connectivity index (χ2n) is 10.5. The molecule has 4 rings (SSSR count). The van der Waals surface area contributed by atoms with Gasteiger partial charge >= 0.3 is 5.97 Å². The molecule has 0 amide bonds. The van der Waals surface area contributed by atoms with E-state index in [4.69, 9.17) is 16.3 Å². The van der Waals surface area contributed by atoms with Crippen molar-refractivity contribution in [1.82, 2.24) is 0 Å². The van der Waals surface area contributed by atoms with E-state index in [1.165, 1.54) is 14.0 Å². The third-order valence-corrected chi connectivity index (χ3v) is 9.04. The summed E-state index contributed by atoms with van der Waals surface area (Å²) in [4.78, 5) is 11.9. The highest BCUT2D eigenvalue weighted by atomic mass is 35.5. The molecule has 0 bridgehead atoms. The Hall–Kier alpha value is -1.80. The molecule has 8 heteroatoms. The lowest BCUT2D eigenvalue weighted by Crippen LogP contribution is -2.69. The molecule has 3 aliphatic carbocycles. The first-order valence-corrected chi connectivity index (χ1v) is 11.2. The van der Waals surface area contributed by atoms with Gasteiger partial charge in [0.15, 0.2) is 0 Å². The van der Waals surface area contributed by atoms with Gasteiger partial charge < -0.3 is 30.3 Å². The van der Waals surface area contributed by atoms with Crippen molar-refractivity contribution in [2.24, 2.45) is 22.7 Å². The molecule has 176 valence electrons. The van der Waals surface area contributed by atoms with Gasteiger partial charge in [0.05, 0.1) is 24.8 Å². The van der Waals surface area contributed by atoms with Gasteiger partial charge in [-0.15, -0.1) is 0 Å². The van der Waals surface area contributed by atoms with Crippen molar-refractivity contribution in [2.75, 3.05) is 13.7 Å². The fourth-order valence-corrected chi connectivity index (χ4v) is 7.28. The van der Waals surface area contributed by atoms with Gasteiger partial charge in [0.1, 0.15) is 22.7 Å². The van der Waals surface area contributed by atoms with Crippen molar-refractivity contribution in [3.63, 3.8) is 0 Å². The van der Waals surface area contributed by atoms with Crippen LogP contribution < -0.4 is 4.74 Å². The summed E-state index contributed by atoms with van der Waals surface area (Å²) in [5, 5.41) is 54.2.